The molecule has 0 unspecified atom stereocenters. The molecule has 1 fully saturated rings. The van der Waals surface area contributed by atoms with Gasteiger partial charge >= 0.3 is 0 Å². The first kappa shape index (κ1) is 19.9. The van der Waals surface area contributed by atoms with Crippen LogP contribution in [0, 0.1) is 0 Å². The lowest BCUT2D eigenvalue weighted by Crippen LogP contribution is -2.38. The van der Waals surface area contributed by atoms with Crippen molar-refractivity contribution in [2.45, 2.75) is 24.8 Å². The van der Waals surface area contributed by atoms with Crippen LogP contribution in [0.25, 0.3) is 0 Å². The van der Waals surface area contributed by atoms with Crippen molar-refractivity contribution in [3.05, 3.63) is 41.6 Å². The van der Waals surface area contributed by atoms with E-state index in [1.165, 1.54) is 15.2 Å². The minimum Gasteiger partial charge on any atom is -0.322 e. The second kappa shape index (κ2) is 8.04. The van der Waals surface area contributed by atoms with Gasteiger partial charge in [-0.2, -0.15) is 21.2 Å². The van der Waals surface area contributed by atoms with Gasteiger partial charge in [-0.15, -0.1) is 0 Å². The number of thioether (sulfide) groups is 1. The number of nitrogens with one attached hydrogen (secondary N) is 1. The third-order valence-electron chi connectivity index (χ3n) is 4.40. The summed E-state index contributed by atoms with van der Waals surface area (Å²) in [7, 11) is -2.19. The Morgan fingerprint density at radius 3 is 2.63 bits per heavy atom. The molecule has 1 aromatic carbocycles. The van der Waals surface area contributed by atoms with Gasteiger partial charge < -0.3 is 5.32 Å². The lowest BCUT2D eigenvalue weighted by molar-refractivity contribution is 0.102. The number of aryl methyl sites for hydroxylation is 1. The van der Waals surface area contributed by atoms with Crippen LogP contribution in [0.2, 0.25) is 0 Å². The Kier molecular flexibility index (Phi) is 5.92. The maximum atomic E-state index is 13.0. The minimum absolute atomic E-state index is 0.0608. The highest BCUT2D eigenvalue weighted by Gasteiger charge is 2.33. The molecule has 0 saturated carbocycles. The number of rotatable bonds is 5. The molecule has 0 bridgehead atoms. The maximum absolute atomic E-state index is 13.0. The van der Waals surface area contributed by atoms with E-state index in [9.17, 15) is 13.2 Å². The van der Waals surface area contributed by atoms with Crippen LogP contribution < -0.4 is 5.32 Å². The summed E-state index contributed by atoms with van der Waals surface area (Å²) >= 11 is 1.72. The molecule has 0 spiro atoms. The summed E-state index contributed by atoms with van der Waals surface area (Å²) < 4.78 is 28.7. The van der Waals surface area contributed by atoms with Gasteiger partial charge in [0.25, 0.3) is 15.9 Å². The van der Waals surface area contributed by atoms with Gasteiger partial charge in [0.15, 0.2) is 0 Å². The average Bonchev–Trinajstić information content (AvgIpc) is 3.05. The van der Waals surface area contributed by atoms with E-state index >= 15 is 0 Å². The van der Waals surface area contributed by atoms with Crippen LogP contribution in [0.4, 0.5) is 5.69 Å². The molecule has 2 heterocycles. The third-order valence-corrected chi connectivity index (χ3v) is 7.18. The number of benzene rings is 1. The summed E-state index contributed by atoms with van der Waals surface area (Å²) in [5.74, 6) is 1.34. The molecule has 27 heavy (non-hydrogen) atoms. The number of nitrogens with zero attached hydrogens (tertiary/aromatic N) is 3. The van der Waals surface area contributed by atoms with Crippen molar-refractivity contribution < 1.29 is 13.2 Å². The van der Waals surface area contributed by atoms with Gasteiger partial charge in [-0.05, 0) is 23.6 Å². The molecule has 146 valence electrons. The van der Waals surface area contributed by atoms with Crippen molar-refractivity contribution in [3.8, 4) is 0 Å². The first-order valence-electron chi connectivity index (χ1n) is 8.82. The zero-order valence-electron chi connectivity index (χ0n) is 15.7. The molecule has 1 aliphatic heterocycles. The fraction of sp³-hybridized carbons (Fsp3) is 0.444. The predicted octanol–water partition coefficient (Wildman–Crippen LogP) is 2.53. The van der Waals surface area contributed by atoms with Gasteiger partial charge in [0, 0.05) is 43.5 Å². The SMILES string of the molecule is CC(C)c1cccc(NC(=O)c2cn(C)nc2S(=O)(=O)N2CCSCC2)c1. The smallest absolute Gasteiger partial charge is 0.263 e. The number of hydrogen-bond acceptors (Lipinski definition) is 5. The minimum atomic E-state index is -3.80. The second-order valence-corrected chi connectivity index (χ2v) is 9.85. The Bertz CT molecular complexity index is 932. The predicted molar refractivity (Wildman–Crippen MR) is 108 cm³/mol. The number of carbonyl (C=O) groups is 1. The molecule has 1 amide bonds. The Labute approximate surface area is 164 Å². The summed E-state index contributed by atoms with van der Waals surface area (Å²) in [6, 6.07) is 7.55. The average molecular weight is 409 g/mol. The molecule has 7 nitrogen and oxygen atoms in total. The van der Waals surface area contributed by atoms with Gasteiger partial charge in [-0.3, -0.25) is 9.48 Å². The van der Waals surface area contributed by atoms with E-state index in [1.807, 2.05) is 18.2 Å². The summed E-state index contributed by atoms with van der Waals surface area (Å²) in [5.41, 5.74) is 1.79. The number of anilines is 1. The molecule has 2 aromatic rings. The van der Waals surface area contributed by atoms with E-state index in [0.717, 1.165) is 17.1 Å². The summed E-state index contributed by atoms with van der Waals surface area (Å²) in [6.07, 6.45) is 1.45. The van der Waals surface area contributed by atoms with E-state index < -0.39 is 15.9 Å². The Morgan fingerprint density at radius 1 is 1.26 bits per heavy atom. The highest BCUT2D eigenvalue weighted by molar-refractivity contribution is 7.99. The van der Waals surface area contributed by atoms with Gasteiger partial charge in [0.05, 0.1) is 5.56 Å². The van der Waals surface area contributed by atoms with E-state index in [-0.39, 0.29) is 10.6 Å². The fourth-order valence-electron chi connectivity index (χ4n) is 2.90. The van der Waals surface area contributed by atoms with Crippen molar-refractivity contribution in [2.75, 3.05) is 29.9 Å². The van der Waals surface area contributed by atoms with Crippen LogP contribution in [-0.2, 0) is 17.1 Å². The van der Waals surface area contributed by atoms with Gasteiger partial charge in [0.1, 0.15) is 0 Å². The van der Waals surface area contributed by atoms with Gasteiger partial charge in [0.2, 0.25) is 5.03 Å². The number of hydrogen-bond donors (Lipinski definition) is 1. The lowest BCUT2D eigenvalue weighted by Gasteiger charge is -2.24. The molecule has 1 aromatic heterocycles. The second-order valence-electron chi connectivity index (χ2n) is 6.77. The lowest BCUT2D eigenvalue weighted by atomic mass is 10.0. The van der Waals surface area contributed by atoms with E-state index in [2.05, 4.69) is 24.3 Å². The number of sulfonamides is 1. The normalized spacial score (nSPS) is 15.9. The quantitative estimate of drug-likeness (QED) is 0.822. The molecule has 0 aliphatic carbocycles. The zero-order valence-corrected chi connectivity index (χ0v) is 17.3. The van der Waals surface area contributed by atoms with Crippen LogP contribution in [0.1, 0.15) is 35.7 Å². The topological polar surface area (TPSA) is 84.3 Å². The monoisotopic (exact) mass is 408 g/mol. The van der Waals surface area contributed by atoms with Crippen molar-refractivity contribution in [1.82, 2.24) is 14.1 Å². The number of amides is 1. The van der Waals surface area contributed by atoms with Gasteiger partial charge in [-0.1, -0.05) is 26.0 Å². The van der Waals surface area contributed by atoms with E-state index in [4.69, 9.17) is 0 Å². The standard InChI is InChI=1S/C18H24N4O3S2/c1-13(2)14-5-4-6-15(11-14)19-17(23)16-12-21(3)20-18(16)27(24,25)22-7-9-26-10-8-22/h4-6,11-13H,7-10H2,1-3H3,(H,19,23). The van der Waals surface area contributed by atoms with Crippen LogP contribution in [0.3, 0.4) is 0 Å². The Morgan fingerprint density at radius 2 is 1.96 bits per heavy atom. The largest absolute Gasteiger partial charge is 0.322 e. The molecule has 1 saturated heterocycles. The van der Waals surface area contributed by atoms with Crippen molar-refractivity contribution in [1.29, 1.82) is 0 Å². The number of carbonyl (C=O) groups excluding carboxylic acids is 1. The summed E-state index contributed by atoms with van der Waals surface area (Å²) in [4.78, 5) is 12.8. The molecule has 0 radical (unpaired) electrons. The third kappa shape index (κ3) is 4.36. The zero-order chi connectivity index (χ0) is 19.6. The molecule has 1 N–H and O–H groups in total. The van der Waals surface area contributed by atoms with Crippen LogP contribution >= 0.6 is 11.8 Å². The fourth-order valence-corrected chi connectivity index (χ4v) is 5.59. The highest BCUT2D eigenvalue weighted by Crippen LogP contribution is 2.24. The Hall–Kier alpha value is -1.84. The Balaban J connectivity index is 1.89. The number of aromatic nitrogens is 2. The van der Waals surface area contributed by atoms with Crippen molar-refractivity contribution in [3.63, 3.8) is 0 Å². The first-order chi connectivity index (χ1) is 12.8. The summed E-state index contributed by atoms with van der Waals surface area (Å²) in [6.45, 7) is 5.01. The highest BCUT2D eigenvalue weighted by atomic mass is 32.2. The molecule has 1 aliphatic rings. The molecular formula is C18H24N4O3S2. The van der Waals surface area contributed by atoms with Crippen LogP contribution in [0.15, 0.2) is 35.5 Å². The van der Waals surface area contributed by atoms with Crippen molar-refractivity contribution >= 4 is 33.4 Å². The molecular weight excluding hydrogens is 384 g/mol. The molecule has 0 atom stereocenters. The van der Waals surface area contributed by atoms with Gasteiger partial charge in [-0.25, -0.2) is 8.42 Å². The first-order valence-corrected chi connectivity index (χ1v) is 11.4. The van der Waals surface area contributed by atoms with E-state index in [1.54, 1.807) is 24.9 Å². The van der Waals surface area contributed by atoms with Crippen LogP contribution in [0.5, 0.6) is 0 Å². The maximum Gasteiger partial charge on any atom is 0.263 e. The molecule has 9 heteroatoms. The van der Waals surface area contributed by atoms with E-state index in [0.29, 0.717) is 24.7 Å². The van der Waals surface area contributed by atoms with Crippen LogP contribution in [-0.4, -0.2) is 53.0 Å². The summed E-state index contributed by atoms with van der Waals surface area (Å²) in [5, 5.41) is 6.70. The van der Waals surface area contributed by atoms with Crippen molar-refractivity contribution in [2.24, 2.45) is 7.05 Å². The molecule has 3 rings (SSSR count).